The minimum atomic E-state index is -2.47. The summed E-state index contributed by atoms with van der Waals surface area (Å²) in [4.78, 5) is 0. The molecule has 0 radical (unpaired) electrons. The quantitative estimate of drug-likeness (QED) is 0.713. The molecule has 1 aliphatic rings. The van der Waals surface area contributed by atoms with E-state index in [0.717, 1.165) is 0 Å². The van der Waals surface area contributed by atoms with E-state index < -0.39 is 12.0 Å². The van der Waals surface area contributed by atoms with E-state index in [1.165, 1.54) is 0 Å². The lowest BCUT2D eigenvalue weighted by atomic mass is 9.83. The van der Waals surface area contributed by atoms with E-state index in [9.17, 15) is 13.9 Å². The van der Waals surface area contributed by atoms with Gasteiger partial charge in [-0.2, -0.15) is 0 Å². The molecular formula is C9H17F2NO. The number of halogens is 2. The molecule has 0 heterocycles. The first-order valence-corrected chi connectivity index (χ1v) is 4.79. The van der Waals surface area contributed by atoms with Gasteiger partial charge >= 0.3 is 0 Å². The smallest absolute Gasteiger partial charge is 0.248 e. The van der Waals surface area contributed by atoms with Crippen LogP contribution in [0.25, 0.3) is 0 Å². The van der Waals surface area contributed by atoms with E-state index in [2.05, 4.69) is 0 Å². The summed E-state index contributed by atoms with van der Waals surface area (Å²) in [6.07, 6.45) is 1.03. The van der Waals surface area contributed by atoms with Crippen LogP contribution in [0.2, 0.25) is 0 Å². The molecule has 2 nitrogen and oxygen atoms in total. The molecule has 0 aromatic heterocycles. The molecule has 4 heteroatoms. The molecule has 0 bridgehead atoms. The standard InChI is InChI=1S/C9H17F2NO/c10-9(11)3-1-7(2-4-9)5-8(13)6-12/h7-8,13H,1-6,12H2. The molecule has 0 spiro atoms. The average Bonchev–Trinajstić information content (AvgIpc) is 2.08. The fourth-order valence-electron chi connectivity index (χ4n) is 1.82. The summed E-state index contributed by atoms with van der Waals surface area (Å²) >= 11 is 0. The van der Waals surface area contributed by atoms with Crippen molar-refractivity contribution in [3.63, 3.8) is 0 Å². The largest absolute Gasteiger partial charge is 0.392 e. The molecule has 13 heavy (non-hydrogen) atoms. The SMILES string of the molecule is NCC(O)CC1CCC(F)(F)CC1. The summed E-state index contributed by atoms with van der Waals surface area (Å²) in [5.41, 5.74) is 5.24. The molecule has 1 unspecified atom stereocenters. The molecule has 0 aromatic rings. The van der Waals surface area contributed by atoms with Crippen LogP contribution >= 0.6 is 0 Å². The third-order valence-electron chi connectivity index (χ3n) is 2.71. The van der Waals surface area contributed by atoms with Crippen molar-refractivity contribution >= 4 is 0 Å². The van der Waals surface area contributed by atoms with Crippen molar-refractivity contribution in [2.75, 3.05) is 6.54 Å². The summed E-state index contributed by atoms with van der Waals surface area (Å²) in [7, 11) is 0. The number of aliphatic hydroxyl groups is 1. The molecule has 0 aliphatic heterocycles. The fourth-order valence-corrected chi connectivity index (χ4v) is 1.82. The van der Waals surface area contributed by atoms with E-state index in [4.69, 9.17) is 5.73 Å². The zero-order valence-corrected chi connectivity index (χ0v) is 7.68. The highest BCUT2D eigenvalue weighted by Crippen LogP contribution is 2.37. The Balaban J connectivity index is 2.25. The first-order chi connectivity index (χ1) is 6.03. The Morgan fingerprint density at radius 3 is 2.38 bits per heavy atom. The molecule has 1 atom stereocenters. The highest BCUT2D eigenvalue weighted by atomic mass is 19.3. The molecular weight excluding hydrogens is 176 g/mol. The van der Waals surface area contributed by atoms with Crippen LogP contribution in [-0.2, 0) is 0 Å². The fraction of sp³-hybridized carbons (Fsp3) is 1.00. The van der Waals surface area contributed by atoms with Gasteiger partial charge in [0.05, 0.1) is 6.10 Å². The van der Waals surface area contributed by atoms with Crippen molar-refractivity contribution in [2.45, 2.75) is 44.1 Å². The lowest BCUT2D eigenvalue weighted by Crippen LogP contribution is -2.29. The minimum absolute atomic E-state index is 0.0328. The number of rotatable bonds is 3. The van der Waals surface area contributed by atoms with E-state index in [1.807, 2.05) is 0 Å². The Morgan fingerprint density at radius 1 is 1.38 bits per heavy atom. The van der Waals surface area contributed by atoms with Gasteiger partial charge in [0.15, 0.2) is 0 Å². The van der Waals surface area contributed by atoms with Gasteiger partial charge in [0, 0.05) is 19.4 Å². The highest BCUT2D eigenvalue weighted by Gasteiger charge is 2.35. The van der Waals surface area contributed by atoms with Gasteiger partial charge in [-0.1, -0.05) is 0 Å². The van der Waals surface area contributed by atoms with Crippen LogP contribution in [0.4, 0.5) is 8.78 Å². The maximum Gasteiger partial charge on any atom is 0.248 e. The van der Waals surface area contributed by atoms with Gasteiger partial charge in [-0.05, 0) is 25.2 Å². The van der Waals surface area contributed by atoms with E-state index in [1.54, 1.807) is 0 Å². The second-order valence-corrected chi connectivity index (χ2v) is 3.92. The van der Waals surface area contributed by atoms with Crippen LogP contribution in [0.15, 0.2) is 0 Å². The van der Waals surface area contributed by atoms with E-state index in [-0.39, 0.29) is 25.3 Å². The lowest BCUT2D eigenvalue weighted by Gasteiger charge is -2.29. The first-order valence-electron chi connectivity index (χ1n) is 4.79. The Hall–Kier alpha value is -0.220. The van der Waals surface area contributed by atoms with Crippen molar-refractivity contribution in [3.8, 4) is 0 Å². The van der Waals surface area contributed by atoms with Crippen molar-refractivity contribution in [1.29, 1.82) is 0 Å². The number of hydrogen-bond donors (Lipinski definition) is 2. The number of hydrogen-bond acceptors (Lipinski definition) is 2. The van der Waals surface area contributed by atoms with Crippen LogP contribution in [0, 0.1) is 5.92 Å². The van der Waals surface area contributed by atoms with Crippen molar-refractivity contribution < 1.29 is 13.9 Å². The summed E-state index contributed by atoms with van der Waals surface area (Å²) < 4.78 is 25.4. The van der Waals surface area contributed by atoms with Crippen molar-refractivity contribution in [2.24, 2.45) is 11.7 Å². The maximum atomic E-state index is 12.7. The summed E-state index contributed by atoms with van der Waals surface area (Å²) in [6.45, 7) is 0.229. The van der Waals surface area contributed by atoms with Crippen LogP contribution in [0.1, 0.15) is 32.1 Å². The van der Waals surface area contributed by atoms with Crippen LogP contribution < -0.4 is 5.73 Å². The van der Waals surface area contributed by atoms with Gasteiger partial charge in [0.2, 0.25) is 5.92 Å². The molecule has 1 fully saturated rings. The predicted octanol–water partition coefficient (Wildman–Crippen LogP) is 1.52. The average molecular weight is 193 g/mol. The van der Waals surface area contributed by atoms with Gasteiger partial charge in [-0.15, -0.1) is 0 Å². The molecule has 0 aromatic carbocycles. The summed E-state index contributed by atoms with van der Waals surface area (Å²) in [6, 6.07) is 0. The van der Waals surface area contributed by atoms with Crippen LogP contribution in [-0.4, -0.2) is 23.7 Å². The molecule has 1 rings (SSSR count). The lowest BCUT2D eigenvalue weighted by molar-refractivity contribution is -0.0502. The first kappa shape index (κ1) is 10.9. The molecule has 78 valence electrons. The second-order valence-electron chi connectivity index (χ2n) is 3.92. The van der Waals surface area contributed by atoms with E-state index >= 15 is 0 Å². The normalized spacial score (nSPS) is 25.8. The van der Waals surface area contributed by atoms with Crippen molar-refractivity contribution in [1.82, 2.24) is 0 Å². The van der Waals surface area contributed by atoms with E-state index in [0.29, 0.717) is 19.3 Å². The minimum Gasteiger partial charge on any atom is -0.392 e. The maximum absolute atomic E-state index is 12.7. The third-order valence-corrected chi connectivity index (χ3v) is 2.71. The number of aliphatic hydroxyl groups excluding tert-OH is 1. The third kappa shape index (κ3) is 3.56. The Bertz CT molecular complexity index is 154. The van der Waals surface area contributed by atoms with Crippen LogP contribution in [0.5, 0.6) is 0 Å². The van der Waals surface area contributed by atoms with Gasteiger partial charge in [0.25, 0.3) is 0 Å². The monoisotopic (exact) mass is 193 g/mol. The zero-order chi connectivity index (χ0) is 9.90. The number of nitrogens with two attached hydrogens (primary N) is 1. The van der Waals surface area contributed by atoms with Gasteiger partial charge in [-0.25, -0.2) is 8.78 Å². The highest BCUT2D eigenvalue weighted by molar-refractivity contribution is 4.79. The Labute approximate surface area is 77.1 Å². The van der Waals surface area contributed by atoms with Gasteiger partial charge in [0.1, 0.15) is 0 Å². The van der Waals surface area contributed by atoms with Gasteiger partial charge in [-0.3, -0.25) is 0 Å². The molecule has 1 aliphatic carbocycles. The summed E-state index contributed by atoms with van der Waals surface area (Å²) in [5.74, 6) is -2.23. The molecule has 0 saturated heterocycles. The predicted molar refractivity (Wildman–Crippen MR) is 46.6 cm³/mol. The molecule has 0 amide bonds. The van der Waals surface area contributed by atoms with Crippen LogP contribution in [0.3, 0.4) is 0 Å². The van der Waals surface area contributed by atoms with Crippen molar-refractivity contribution in [3.05, 3.63) is 0 Å². The molecule has 1 saturated carbocycles. The summed E-state index contributed by atoms with van der Waals surface area (Å²) in [5, 5.41) is 9.23. The Kier molecular flexibility index (Phi) is 3.62. The number of alkyl halides is 2. The second kappa shape index (κ2) is 4.33. The molecule has 3 N–H and O–H groups in total. The topological polar surface area (TPSA) is 46.2 Å². The Morgan fingerprint density at radius 2 is 1.92 bits per heavy atom. The zero-order valence-electron chi connectivity index (χ0n) is 7.68. The van der Waals surface area contributed by atoms with Gasteiger partial charge < -0.3 is 10.8 Å².